The largest absolute Gasteiger partial charge is 0.478 e. The molecule has 0 spiro atoms. The van der Waals surface area contributed by atoms with E-state index in [0.717, 1.165) is 12.2 Å². The van der Waals surface area contributed by atoms with Crippen LogP contribution < -0.4 is 4.90 Å². The number of pyridine rings is 1. The van der Waals surface area contributed by atoms with Crippen LogP contribution in [0.2, 0.25) is 0 Å². The molecule has 1 rings (SSSR count). The fourth-order valence-electron chi connectivity index (χ4n) is 1.73. The van der Waals surface area contributed by atoms with Gasteiger partial charge in [-0.25, -0.2) is 9.78 Å². The van der Waals surface area contributed by atoms with Crippen molar-refractivity contribution in [2.45, 2.75) is 26.7 Å². The zero-order valence-corrected chi connectivity index (χ0v) is 10.9. The zero-order valence-electron chi connectivity index (χ0n) is 10.9. The van der Waals surface area contributed by atoms with Crippen LogP contribution in [-0.2, 0) is 6.42 Å². The molecule has 1 heterocycles. The second kappa shape index (κ2) is 6.96. The van der Waals surface area contributed by atoms with E-state index < -0.39 is 5.97 Å². The summed E-state index contributed by atoms with van der Waals surface area (Å²) in [7, 11) is 0. The Kier molecular flexibility index (Phi) is 5.58. The molecule has 0 amide bonds. The van der Waals surface area contributed by atoms with E-state index >= 15 is 0 Å². The SMILES string of the molecule is CCc1cc(C(=O)O)cc(N(CC)CCCO)n1. The molecule has 0 bridgehead atoms. The monoisotopic (exact) mass is 252 g/mol. The second-order valence-electron chi connectivity index (χ2n) is 4.02. The highest BCUT2D eigenvalue weighted by Gasteiger charge is 2.11. The first-order valence-electron chi connectivity index (χ1n) is 6.22. The maximum absolute atomic E-state index is 11.1. The Bertz CT molecular complexity index is 407. The van der Waals surface area contributed by atoms with Gasteiger partial charge in [-0.1, -0.05) is 6.92 Å². The Morgan fingerprint density at radius 3 is 2.61 bits per heavy atom. The van der Waals surface area contributed by atoms with Gasteiger partial charge in [-0.05, 0) is 31.9 Å². The van der Waals surface area contributed by atoms with Gasteiger partial charge in [0.05, 0.1) is 5.56 Å². The number of anilines is 1. The summed E-state index contributed by atoms with van der Waals surface area (Å²) in [5.74, 6) is -0.269. The van der Waals surface area contributed by atoms with Gasteiger partial charge in [0.15, 0.2) is 0 Å². The maximum Gasteiger partial charge on any atom is 0.335 e. The lowest BCUT2D eigenvalue weighted by atomic mass is 10.2. The summed E-state index contributed by atoms with van der Waals surface area (Å²) in [6, 6.07) is 3.19. The minimum Gasteiger partial charge on any atom is -0.478 e. The van der Waals surface area contributed by atoms with Crippen molar-refractivity contribution in [3.8, 4) is 0 Å². The normalized spacial score (nSPS) is 10.4. The Morgan fingerprint density at radius 2 is 2.11 bits per heavy atom. The molecule has 5 nitrogen and oxygen atoms in total. The first-order chi connectivity index (χ1) is 8.62. The average Bonchev–Trinajstić information content (AvgIpc) is 2.39. The number of hydrogen-bond donors (Lipinski definition) is 2. The van der Waals surface area contributed by atoms with Crippen molar-refractivity contribution in [1.29, 1.82) is 0 Å². The van der Waals surface area contributed by atoms with Crippen molar-refractivity contribution in [3.05, 3.63) is 23.4 Å². The van der Waals surface area contributed by atoms with Gasteiger partial charge in [0.2, 0.25) is 0 Å². The number of aliphatic hydroxyl groups is 1. The lowest BCUT2D eigenvalue weighted by Crippen LogP contribution is -2.26. The molecule has 100 valence electrons. The van der Waals surface area contributed by atoms with E-state index in [9.17, 15) is 4.79 Å². The van der Waals surface area contributed by atoms with Crippen LogP contribution in [0.3, 0.4) is 0 Å². The van der Waals surface area contributed by atoms with Gasteiger partial charge in [0.25, 0.3) is 0 Å². The lowest BCUT2D eigenvalue weighted by Gasteiger charge is -2.22. The molecule has 0 atom stereocenters. The molecule has 1 aromatic heterocycles. The summed E-state index contributed by atoms with van der Waals surface area (Å²) in [6.07, 6.45) is 1.35. The molecule has 0 saturated heterocycles. The molecule has 18 heavy (non-hydrogen) atoms. The number of rotatable bonds is 7. The van der Waals surface area contributed by atoms with Crippen molar-refractivity contribution < 1.29 is 15.0 Å². The summed E-state index contributed by atoms with van der Waals surface area (Å²) >= 11 is 0. The van der Waals surface area contributed by atoms with Crippen molar-refractivity contribution in [1.82, 2.24) is 4.98 Å². The van der Waals surface area contributed by atoms with Gasteiger partial charge >= 0.3 is 5.97 Å². The number of carbonyl (C=O) groups is 1. The summed E-state index contributed by atoms with van der Waals surface area (Å²) < 4.78 is 0. The van der Waals surface area contributed by atoms with E-state index in [1.54, 1.807) is 12.1 Å². The number of aliphatic hydroxyl groups excluding tert-OH is 1. The van der Waals surface area contributed by atoms with E-state index in [4.69, 9.17) is 10.2 Å². The third-order valence-electron chi connectivity index (χ3n) is 2.77. The summed E-state index contributed by atoms with van der Waals surface area (Å²) in [6.45, 7) is 5.46. The predicted molar refractivity (Wildman–Crippen MR) is 70.2 cm³/mol. The molecule has 0 aliphatic carbocycles. The van der Waals surface area contributed by atoms with E-state index in [2.05, 4.69) is 4.98 Å². The van der Waals surface area contributed by atoms with Gasteiger partial charge in [0.1, 0.15) is 5.82 Å². The fraction of sp³-hybridized carbons (Fsp3) is 0.538. The first kappa shape index (κ1) is 14.4. The van der Waals surface area contributed by atoms with Crippen LogP contribution in [0.5, 0.6) is 0 Å². The van der Waals surface area contributed by atoms with Crippen LogP contribution in [0.25, 0.3) is 0 Å². The molecular formula is C13H20N2O3. The molecule has 0 aromatic carbocycles. The Balaban J connectivity index is 3.04. The Labute approximate surface area is 107 Å². The average molecular weight is 252 g/mol. The number of aryl methyl sites for hydroxylation is 1. The molecule has 5 heteroatoms. The molecule has 0 unspecified atom stereocenters. The van der Waals surface area contributed by atoms with Crippen molar-refractivity contribution in [3.63, 3.8) is 0 Å². The number of nitrogens with zero attached hydrogens (tertiary/aromatic N) is 2. The number of aromatic nitrogens is 1. The molecule has 0 radical (unpaired) electrons. The highest BCUT2D eigenvalue weighted by Crippen LogP contribution is 2.16. The van der Waals surface area contributed by atoms with Crippen LogP contribution in [0.4, 0.5) is 5.82 Å². The van der Waals surface area contributed by atoms with Crippen LogP contribution in [-0.4, -0.2) is 40.9 Å². The van der Waals surface area contributed by atoms with Crippen LogP contribution in [0, 0.1) is 0 Å². The molecule has 2 N–H and O–H groups in total. The van der Waals surface area contributed by atoms with Crippen LogP contribution in [0.15, 0.2) is 12.1 Å². The summed E-state index contributed by atoms with van der Waals surface area (Å²) in [5.41, 5.74) is 1.03. The molecule has 0 aliphatic heterocycles. The van der Waals surface area contributed by atoms with E-state index in [1.165, 1.54) is 0 Å². The molecule has 1 aromatic rings. The number of aromatic carboxylic acids is 1. The summed E-state index contributed by atoms with van der Waals surface area (Å²) in [4.78, 5) is 17.5. The standard InChI is InChI=1S/C13H20N2O3/c1-3-11-8-10(13(17)18)9-12(14-11)15(4-2)6-5-7-16/h8-9,16H,3-7H2,1-2H3,(H,17,18). The van der Waals surface area contributed by atoms with Gasteiger partial charge in [0, 0.05) is 25.4 Å². The van der Waals surface area contributed by atoms with Gasteiger partial charge < -0.3 is 15.1 Å². The van der Waals surface area contributed by atoms with Crippen LogP contribution in [0.1, 0.15) is 36.3 Å². The Morgan fingerprint density at radius 1 is 1.39 bits per heavy atom. The first-order valence-corrected chi connectivity index (χ1v) is 6.22. The van der Waals surface area contributed by atoms with Gasteiger partial charge in [-0.15, -0.1) is 0 Å². The smallest absolute Gasteiger partial charge is 0.335 e. The van der Waals surface area contributed by atoms with Gasteiger partial charge in [-0.2, -0.15) is 0 Å². The van der Waals surface area contributed by atoms with E-state index in [0.29, 0.717) is 25.2 Å². The van der Waals surface area contributed by atoms with Crippen LogP contribution >= 0.6 is 0 Å². The number of carboxylic acid groups (broad SMARTS) is 1. The molecule has 0 aliphatic rings. The molecular weight excluding hydrogens is 232 g/mol. The van der Waals surface area contributed by atoms with E-state index in [-0.39, 0.29) is 12.2 Å². The topological polar surface area (TPSA) is 73.7 Å². The quantitative estimate of drug-likeness (QED) is 0.770. The minimum absolute atomic E-state index is 0.121. The maximum atomic E-state index is 11.1. The molecule has 0 fully saturated rings. The van der Waals surface area contributed by atoms with Crippen molar-refractivity contribution in [2.24, 2.45) is 0 Å². The third kappa shape index (κ3) is 3.70. The lowest BCUT2D eigenvalue weighted by molar-refractivity contribution is 0.0696. The fourth-order valence-corrected chi connectivity index (χ4v) is 1.73. The second-order valence-corrected chi connectivity index (χ2v) is 4.02. The Hall–Kier alpha value is -1.62. The van der Waals surface area contributed by atoms with E-state index in [1.807, 2.05) is 18.7 Å². The third-order valence-corrected chi connectivity index (χ3v) is 2.77. The predicted octanol–water partition coefficient (Wildman–Crippen LogP) is 1.55. The minimum atomic E-state index is -0.938. The van der Waals surface area contributed by atoms with Crippen molar-refractivity contribution in [2.75, 3.05) is 24.6 Å². The molecule has 0 saturated carbocycles. The highest BCUT2D eigenvalue weighted by atomic mass is 16.4. The number of hydrogen-bond acceptors (Lipinski definition) is 4. The summed E-state index contributed by atoms with van der Waals surface area (Å²) in [5, 5.41) is 17.9. The van der Waals surface area contributed by atoms with Crippen molar-refractivity contribution >= 4 is 11.8 Å². The highest BCUT2D eigenvalue weighted by molar-refractivity contribution is 5.88. The number of carboxylic acids is 1. The zero-order chi connectivity index (χ0) is 13.5. The van der Waals surface area contributed by atoms with Gasteiger partial charge in [-0.3, -0.25) is 0 Å².